The van der Waals surface area contributed by atoms with Crippen LogP contribution in [0.15, 0.2) is 48.5 Å². The van der Waals surface area contributed by atoms with Gasteiger partial charge in [0.2, 0.25) is 0 Å². The number of hydrogen-bond acceptors (Lipinski definition) is 5. The summed E-state index contributed by atoms with van der Waals surface area (Å²) in [4.78, 5) is 35.5. The van der Waals surface area contributed by atoms with Crippen molar-refractivity contribution in [3.05, 3.63) is 59.7 Å². The fourth-order valence-electron chi connectivity index (χ4n) is 3.71. The third-order valence-electron chi connectivity index (χ3n) is 5.24. The topological polar surface area (TPSA) is 69.7 Å². The fourth-order valence-corrected chi connectivity index (χ4v) is 3.71. The van der Waals surface area contributed by atoms with E-state index in [0.29, 0.717) is 6.42 Å². The number of Topliss-reactive ketones (excluding diaryl/α,β-unsaturated/α-hetero) is 1. The van der Waals surface area contributed by atoms with E-state index < -0.39 is 11.9 Å². The van der Waals surface area contributed by atoms with Gasteiger partial charge in [-0.25, -0.2) is 0 Å². The van der Waals surface area contributed by atoms with Crippen LogP contribution in [0.2, 0.25) is 0 Å². The van der Waals surface area contributed by atoms with Crippen LogP contribution in [0.5, 0.6) is 11.5 Å². The Morgan fingerprint density at radius 3 is 1.66 bits per heavy atom. The molecule has 0 amide bonds. The summed E-state index contributed by atoms with van der Waals surface area (Å²) in [5, 5.41) is 0. The molecule has 0 aliphatic carbocycles. The van der Waals surface area contributed by atoms with E-state index in [-0.39, 0.29) is 22.8 Å². The van der Waals surface area contributed by atoms with Gasteiger partial charge >= 0.3 is 11.9 Å². The molecule has 0 aromatic heterocycles. The summed E-state index contributed by atoms with van der Waals surface area (Å²) in [5.74, 6) is -0.960. The number of esters is 2. The Bertz CT molecular complexity index is 839. The second-order valence-corrected chi connectivity index (χ2v) is 8.05. The van der Waals surface area contributed by atoms with Crippen molar-refractivity contribution in [3.8, 4) is 11.5 Å². The minimum absolute atomic E-state index is 0.136. The highest BCUT2D eigenvalue weighted by molar-refractivity contribution is 6.02. The Morgan fingerprint density at radius 1 is 0.625 bits per heavy atom. The van der Waals surface area contributed by atoms with Crippen LogP contribution >= 0.6 is 0 Å². The van der Waals surface area contributed by atoms with Gasteiger partial charge in [0.1, 0.15) is 17.1 Å². The van der Waals surface area contributed by atoms with Crippen molar-refractivity contribution in [2.45, 2.75) is 78.1 Å². The van der Waals surface area contributed by atoms with Crippen LogP contribution in [0, 0.1) is 0 Å². The van der Waals surface area contributed by atoms with Crippen LogP contribution in [0.4, 0.5) is 0 Å². The molecule has 0 atom stereocenters. The molecule has 172 valence electrons. The zero-order valence-corrected chi connectivity index (χ0v) is 19.2. The maximum Gasteiger partial charge on any atom is 0.308 e. The largest absolute Gasteiger partial charge is 0.426 e. The Hall–Kier alpha value is -2.95. The van der Waals surface area contributed by atoms with E-state index in [4.69, 9.17) is 9.47 Å². The molecule has 0 saturated heterocycles. The van der Waals surface area contributed by atoms with Crippen molar-refractivity contribution in [1.29, 1.82) is 0 Å². The van der Waals surface area contributed by atoms with Crippen LogP contribution in [0.1, 0.15) is 87.6 Å². The standard InChI is InChI=1S/C27H34O5/c1-21(28)31-25-19-14-20-26(32-22(2)29)27(25)24(30)18-13-8-6-4-3-5-7-10-15-23-16-11-9-12-17-23/h9,11-12,14,16-17,19-20H,3-8,10,13,15,18H2,1-2H3. The lowest BCUT2D eigenvalue weighted by molar-refractivity contribution is -0.132. The molecule has 0 N–H and O–H groups in total. The molecule has 0 saturated carbocycles. The molecular formula is C27H34O5. The Labute approximate surface area is 191 Å². The lowest BCUT2D eigenvalue weighted by atomic mass is 10.0. The van der Waals surface area contributed by atoms with Gasteiger partial charge in [-0.3, -0.25) is 14.4 Å². The molecule has 0 spiro atoms. The molecule has 2 aromatic rings. The Morgan fingerprint density at radius 2 is 1.12 bits per heavy atom. The number of hydrogen-bond donors (Lipinski definition) is 0. The van der Waals surface area contributed by atoms with E-state index in [2.05, 4.69) is 30.3 Å². The fraction of sp³-hybridized carbons (Fsp3) is 0.444. The molecule has 32 heavy (non-hydrogen) atoms. The van der Waals surface area contributed by atoms with Crippen LogP contribution in [0.3, 0.4) is 0 Å². The smallest absolute Gasteiger partial charge is 0.308 e. The number of ketones is 1. The van der Waals surface area contributed by atoms with E-state index in [9.17, 15) is 14.4 Å². The van der Waals surface area contributed by atoms with Crippen molar-refractivity contribution < 1.29 is 23.9 Å². The molecular weight excluding hydrogens is 404 g/mol. The number of benzene rings is 2. The van der Waals surface area contributed by atoms with Crippen LogP contribution in [-0.4, -0.2) is 17.7 Å². The second kappa shape index (κ2) is 14.2. The zero-order valence-electron chi connectivity index (χ0n) is 19.2. The summed E-state index contributed by atoms with van der Waals surface area (Å²) < 4.78 is 10.3. The lowest BCUT2D eigenvalue weighted by Crippen LogP contribution is -2.12. The van der Waals surface area contributed by atoms with Gasteiger partial charge in [-0.15, -0.1) is 0 Å². The molecule has 2 rings (SSSR count). The van der Waals surface area contributed by atoms with Crippen molar-refractivity contribution in [2.75, 3.05) is 0 Å². The van der Waals surface area contributed by atoms with Gasteiger partial charge in [-0.2, -0.15) is 0 Å². The summed E-state index contributed by atoms with van der Waals surface area (Å²) >= 11 is 0. The maximum atomic E-state index is 12.8. The van der Waals surface area contributed by atoms with Crippen LogP contribution in [0.25, 0.3) is 0 Å². The number of aryl methyl sites for hydroxylation is 1. The van der Waals surface area contributed by atoms with Gasteiger partial charge in [0.25, 0.3) is 0 Å². The number of carbonyl (C=O) groups is 3. The number of carbonyl (C=O) groups excluding carboxylic acids is 3. The average Bonchev–Trinajstić information content (AvgIpc) is 2.75. The molecule has 0 aliphatic heterocycles. The molecule has 0 fully saturated rings. The molecule has 0 aliphatic rings. The Kier molecular flexibility index (Phi) is 11.2. The van der Waals surface area contributed by atoms with Crippen molar-refractivity contribution in [2.24, 2.45) is 0 Å². The normalized spacial score (nSPS) is 10.6. The summed E-state index contributed by atoms with van der Waals surface area (Å²) in [6.07, 6.45) is 10.4. The first-order valence-corrected chi connectivity index (χ1v) is 11.5. The number of rotatable bonds is 14. The lowest BCUT2D eigenvalue weighted by Gasteiger charge is -2.12. The maximum absolute atomic E-state index is 12.8. The first kappa shape index (κ1) is 25.3. The minimum Gasteiger partial charge on any atom is -0.426 e. The molecule has 5 heteroatoms. The predicted molar refractivity (Wildman–Crippen MR) is 125 cm³/mol. The van der Waals surface area contributed by atoms with Crippen LogP contribution < -0.4 is 9.47 Å². The molecule has 0 unspecified atom stereocenters. The van der Waals surface area contributed by atoms with E-state index in [1.165, 1.54) is 51.5 Å². The van der Waals surface area contributed by atoms with E-state index in [1.54, 1.807) is 18.2 Å². The average molecular weight is 439 g/mol. The second-order valence-electron chi connectivity index (χ2n) is 8.05. The van der Waals surface area contributed by atoms with Gasteiger partial charge in [-0.1, -0.05) is 74.9 Å². The summed E-state index contributed by atoms with van der Waals surface area (Å²) in [6, 6.07) is 15.3. The molecule has 0 heterocycles. The van der Waals surface area contributed by atoms with E-state index in [1.807, 2.05) is 0 Å². The summed E-state index contributed by atoms with van der Waals surface area (Å²) in [5.41, 5.74) is 1.57. The van der Waals surface area contributed by atoms with Crippen molar-refractivity contribution >= 4 is 17.7 Å². The third kappa shape index (κ3) is 9.46. The number of unbranched alkanes of at least 4 members (excludes halogenated alkanes) is 7. The first-order chi connectivity index (χ1) is 15.5. The van der Waals surface area contributed by atoms with Crippen LogP contribution in [-0.2, 0) is 16.0 Å². The molecule has 0 radical (unpaired) electrons. The molecule has 2 aromatic carbocycles. The van der Waals surface area contributed by atoms with E-state index >= 15 is 0 Å². The molecule has 5 nitrogen and oxygen atoms in total. The quantitative estimate of drug-likeness (QED) is 0.146. The van der Waals surface area contributed by atoms with E-state index in [0.717, 1.165) is 25.7 Å². The van der Waals surface area contributed by atoms with Crippen molar-refractivity contribution in [3.63, 3.8) is 0 Å². The van der Waals surface area contributed by atoms with Crippen molar-refractivity contribution in [1.82, 2.24) is 0 Å². The summed E-state index contributed by atoms with van der Waals surface area (Å²) in [6.45, 7) is 2.54. The Balaban J connectivity index is 1.68. The van der Waals surface area contributed by atoms with Gasteiger partial charge < -0.3 is 9.47 Å². The zero-order chi connectivity index (χ0) is 23.2. The molecule has 0 bridgehead atoms. The SMILES string of the molecule is CC(=O)Oc1cccc(OC(C)=O)c1C(=O)CCCCCCCCCCc1ccccc1. The van der Waals surface area contributed by atoms with Gasteiger partial charge in [-0.05, 0) is 37.0 Å². The third-order valence-corrected chi connectivity index (χ3v) is 5.24. The monoisotopic (exact) mass is 438 g/mol. The van der Waals surface area contributed by atoms with Gasteiger partial charge in [0.05, 0.1) is 0 Å². The summed E-state index contributed by atoms with van der Waals surface area (Å²) in [7, 11) is 0. The predicted octanol–water partition coefficient (Wildman–Crippen LogP) is 6.47. The van der Waals surface area contributed by atoms with Gasteiger partial charge in [0, 0.05) is 20.3 Å². The highest BCUT2D eigenvalue weighted by Crippen LogP contribution is 2.31. The minimum atomic E-state index is -0.525. The number of ether oxygens (including phenoxy) is 2. The highest BCUT2D eigenvalue weighted by atomic mass is 16.5. The first-order valence-electron chi connectivity index (χ1n) is 11.5. The van der Waals surface area contributed by atoms with Gasteiger partial charge in [0.15, 0.2) is 5.78 Å². The highest BCUT2D eigenvalue weighted by Gasteiger charge is 2.20.